The Bertz CT molecular complexity index is 1050. The molecule has 1 heterocycles. The molecule has 0 fully saturated rings. The average Bonchev–Trinajstić information content (AvgIpc) is 3.16. The number of allylic oxidation sites excluding steroid dienone is 2. The Balaban J connectivity index is 1.71. The van der Waals surface area contributed by atoms with Crippen molar-refractivity contribution in [3.8, 4) is 0 Å². The number of primary amides is 1. The molecule has 3 nitrogen and oxygen atoms in total. The highest BCUT2D eigenvalue weighted by atomic mass is 16.1. The summed E-state index contributed by atoms with van der Waals surface area (Å²) in [4.78, 5) is 12.0. The number of amides is 1. The summed E-state index contributed by atoms with van der Waals surface area (Å²) in [7, 11) is 0. The summed E-state index contributed by atoms with van der Waals surface area (Å²) in [5.74, 6) is 0.373. The van der Waals surface area contributed by atoms with Crippen LogP contribution in [0.2, 0.25) is 0 Å². The van der Waals surface area contributed by atoms with Crippen molar-refractivity contribution in [2.75, 3.05) is 5.32 Å². The number of para-hydroxylation sites is 1. The lowest BCUT2D eigenvalue weighted by Crippen LogP contribution is -2.31. The minimum absolute atomic E-state index is 0.147. The van der Waals surface area contributed by atoms with Crippen LogP contribution in [0, 0.1) is 5.92 Å². The van der Waals surface area contributed by atoms with Gasteiger partial charge in [0.15, 0.2) is 0 Å². The molecule has 1 aliphatic heterocycles. The maximum Gasteiger partial charge on any atom is 0.250 e. The van der Waals surface area contributed by atoms with Crippen LogP contribution in [-0.2, 0) is 0 Å². The van der Waals surface area contributed by atoms with E-state index in [0.717, 1.165) is 12.1 Å². The van der Waals surface area contributed by atoms with Crippen LogP contribution < -0.4 is 11.1 Å². The van der Waals surface area contributed by atoms with Crippen molar-refractivity contribution in [2.24, 2.45) is 11.7 Å². The largest absolute Gasteiger partial charge is 0.377 e. The van der Waals surface area contributed by atoms with Crippen LogP contribution in [0.15, 0.2) is 72.8 Å². The van der Waals surface area contributed by atoms with Crippen molar-refractivity contribution in [2.45, 2.75) is 18.4 Å². The number of hydrogen-bond acceptors (Lipinski definition) is 2. The number of carbonyl (C=O) groups excluding carboxylic acids is 1. The second kappa shape index (κ2) is 5.73. The molecule has 5 rings (SSSR count). The van der Waals surface area contributed by atoms with Gasteiger partial charge >= 0.3 is 0 Å². The number of benzene rings is 3. The third-order valence-corrected chi connectivity index (χ3v) is 5.82. The molecule has 0 bridgehead atoms. The van der Waals surface area contributed by atoms with E-state index in [1.54, 1.807) is 0 Å². The van der Waals surface area contributed by atoms with Crippen LogP contribution in [0.25, 0.3) is 10.8 Å². The maximum absolute atomic E-state index is 12.0. The molecule has 0 aromatic heterocycles. The van der Waals surface area contributed by atoms with E-state index in [1.165, 1.54) is 21.9 Å². The van der Waals surface area contributed by atoms with E-state index in [2.05, 4.69) is 66.0 Å². The van der Waals surface area contributed by atoms with Crippen LogP contribution in [0.1, 0.15) is 39.9 Å². The van der Waals surface area contributed by atoms with Gasteiger partial charge in [0.2, 0.25) is 0 Å². The predicted molar refractivity (Wildman–Crippen MR) is 105 cm³/mol. The van der Waals surface area contributed by atoms with Crippen molar-refractivity contribution in [3.63, 3.8) is 0 Å². The molecule has 1 aliphatic carbocycles. The second-order valence-corrected chi connectivity index (χ2v) is 7.18. The van der Waals surface area contributed by atoms with E-state index < -0.39 is 0 Å². The van der Waals surface area contributed by atoms with Crippen molar-refractivity contribution in [1.82, 2.24) is 0 Å². The Kier molecular flexibility index (Phi) is 3.35. The molecular weight excluding hydrogens is 320 g/mol. The second-order valence-electron chi connectivity index (χ2n) is 7.18. The summed E-state index contributed by atoms with van der Waals surface area (Å²) >= 11 is 0. The first-order valence-corrected chi connectivity index (χ1v) is 9.07. The molecule has 0 spiro atoms. The number of hydrogen-bond donors (Lipinski definition) is 2. The Labute approximate surface area is 152 Å². The maximum atomic E-state index is 12.0. The molecule has 3 aromatic carbocycles. The molecule has 3 atom stereocenters. The number of fused-ring (bicyclic) bond motifs is 4. The summed E-state index contributed by atoms with van der Waals surface area (Å²) in [6.45, 7) is 0. The summed E-state index contributed by atoms with van der Waals surface area (Å²) < 4.78 is 0. The number of rotatable bonds is 2. The minimum atomic E-state index is -0.383. The fraction of sp³-hybridized carbons (Fsp3) is 0.174. The summed E-state index contributed by atoms with van der Waals surface area (Å²) in [5.41, 5.74) is 9.58. The number of anilines is 1. The Morgan fingerprint density at radius 3 is 2.62 bits per heavy atom. The van der Waals surface area contributed by atoms with Crippen LogP contribution in [0.3, 0.4) is 0 Å². The normalized spacial score (nSPS) is 23.3. The first-order valence-electron chi connectivity index (χ1n) is 9.07. The van der Waals surface area contributed by atoms with E-state index in [4.69, 9.17) is 5.73 Å². The number of nitrogens with two attached hydrogens (primary N) is 1. The van der Waals surface area contributed by atoms with Crippen LogP contribution in [0.5, 0.6) is 0 Å². The van der Waals surface area contributed by atoms with E-state index in [1.807, 2.05) is 12.1 Å². The molecule has 128 valence electrons. The minimum Gasteiger partial charge on any atom is -0.377 e. The molecule has 0 saturated heterocycles. The number of nitrogens with one attached hydrogen (secondary N) is 1. The van der Waals surface area contributed by atoms with Gasteiger partial charge in [0.05, 0.1) is 17.3 Å². The topological polar surface area (TPSA) is 55.1 Å². The Morgan fingerprint density at radius 1 is 0.962 bits per heavy atom. The zero-order valence-corrected chi connectivity index (χ0v) is 14.4. The van der Waals surface area contributed by atoms with Crippen molar-refractivity contribution >= 4 is 22.4 Å². The fourth-order valence-electron chi connectivity index (χ4n) is 4.66. The average molecular weight is 340 g/mol. The van der Waals surface area contributed by atoms with Crippen LogP contribution >= 0.6 is 0 Å². The zero-order chi connectivity index (χ0) is 17.7. The van der Waals surface area contributed by atoms with Crippen LogP contribution in [0.4, 0.5) is 5.69 Å². The van der Waals surface area contributed by atoms with Gasteiger partial charge in [0.25, 0.3) is 5.91 Å². The molecule has 3 aromatic rings. The summed E-state index contributed by atoms with van der Waals surface area (Å²) in [5, 5.41) is 6.19. The zero-order valence-electron chi connectivity index (χ0n) is 14.4. The SMILES string of the molecule is NC(=O)c1cccc2c1NC(c1cccc3ccccc13)C1CC=CC21. The highest BCUT2D eigenvalue weighted by molar-refractivity contribution is 6.00. The van der Waals surface area contributed by atoms with Crippen molar-refractivity contribution < 1.29 is 4.79 Å². The van der Waals surface area contributed by atoms with E-state index in [9.17, 15) is 4.79 Å². The van der Waals surface area contributed by atoms with Gasteiger partial charge in [-0.25, -0.2) is 0 Å². The molecular formula is C23H20N2O. The molecule has 3 N–H and O–H groups in total. The van der Waals surface area contributed by atoms with Gasteiger partial charge in [-0.2, -0.15) is 0 Å². The van der Waals surface area contributed by atoms with Gasteiger partial charge in [-0.15, -0.1) is 0 Å². The lowest BCUT2D eigenvalue weighted by molar-refractivity contribution is 0.100. The van der Waals surface area contributed by atoms with Gasteiger partial charge in [-0.1, -0.05) is 66.7 Å². The summed E-state index contributed by atoms with van der Waals surface area (Å²) in [6, 6.07) is 21.0. The Hall–Kier alpha value is -3.07. The lowest BCUT2D eigenvalue weighted by Gasteiger charge is -2.38. The van der Waals surface area contributed by atoms with E-state index in [0.29, 0.717) is 17.4 Å². The monoisotopic (exact) mass is 340 g/mol. The molecule has 0 saturated carbocycles. The number of carbonyl (C=O) groups is 1. The van der Waals surface area contributed by atoms with E-state index in [-0.39, 0.29) is 11.9 Å². The van der Waals surface area contributed by atoms with Crippen LogP contribution in [-0.4, -0.2) is 5.91 Å². The molecule has 1 amide bonds. The molecule has 3 unspecified atom stereocenters. The first kappa shape index (κ1) is 15.2. The molecule has 3 heteroatoms. The summed E-state index contributed by atoms with van der Waals surface area (Å²) in [6.07, 6.45) is 5.58. The van der Waals surface area contributed by atoms with Gasteiger partial charge < -0.3 is 11.1 Å². The highest BCUT2D eigenvalue weighted by Gasteiger charge is 2.39. The van der Waals surface area contributed by atoms with Gasteiger partial charge in [-0.3, -0.25) is 4.79 Å². The van der Waals surface area contributed by atoms with Gasteiger partial charge in [-0.05, 0) is 40.3 Å². The van der Waals surface area contributed by atoms with Crippen molar-refractivity contribution in [1.29, 1.82) is 0 Å². The molecule has 0 radical (unpaired) electrons. The first-order chi connectivity index (χ1) is 12.7. The fourth-order valence-corrected chi connectivity index (χ4v) is 4.66. The lowest BCUT2D eigenvalue weighted by atomic mass is 9.75. The predicted octanol–water partition coefficient (Wildman–Crippen LogP) is 4.77. The molecule has 2 aliphatic rings. The third-order valence-electron chi connectivity index (χ3n) is 5.82. The third kappa shape index (κ3) is 2.17. The quantitative estimate of drug-likeness (QED) is 0.661. The smallest absolute Gasteiger partial charge is 0.250 e. The van der Waals surface area contributed by atoms with Crippen molar-refractivity contribution in [3.05, 3.63) is 89.5 Å². The Morgan fingerprint density at radius 2 is 1.73 bits per heavy atom. The van der Waals surface area contributed by atoms with E-state index >= 15 is 0 Å². The van der Waals surface area contributed by atoms with Gasteiger partial charge in [0.1, 0.15) is 0 Å². The highest BCUT2D eigenvalue weighted by Crippen LogP contribution is 2.51. The standard InChI is InChI=1S/C23H20N2O/c24-23(26)20-13-5-12-19-16-9-4-11-18(16)21(25-22(19)20)17-10-3-7-14-6-1-2-8-15(14)17/h1-10,12-13,16,18,21,25H,11H2,(H2,24,26). The molecule has 26 heavy (non-hydrogen) atoms. The van der Waals surface area contributed by atoms with Gasteiger partial charge in [0, 0.05) is 5.92 Å².